The second-order valence-corrected chi connectivity index (χ2v) is 7.69. The minimum Gasteiger partial charge on any atom is -0.465 e. The summed E-state index contributed by atoms with van der Waals surface area (Å²) in [5.74, 6) is 0.210. The third kappa shape index (κ3) is 2.91. The first-order valence-corrected chi connectivity index (χ1v) is 8.58. The predicted molar refractivity (Wildman–Crippen MR) is 87.8 cm³/mol. The summed E-state index contributed by atoms with van der Waals surface area (Å²) in [5, 5.41) is 12.3. The Morgan fingerprint density at radius 1 is 1.13 bits per heavy atom. The highest BCUT2D eigenvalue weighted by molar-refractivity contribution is 5.85. The van der Waals surface area contributed by atoms with E-state index in [1.165, 1.54) is 0 Å². The first-order valence-electron chi connectivity index (χ1n) is 8.58. The number of carbonyl (C=O) groups is 2. The van der Waals surface area contributed by atoms with E-state index in [9.17, 15) is 14.7 Å². The molecule has 0 aromatic carbocycles. The van der Waals surface area contributed by atoms with Crippen LogP contribution in [0.5, 0.6) is 0 Å². The van der Waals surface area contributed by atoms with Crippen molar-refractivity contribution in [3.05, 3.63) is 0 Å². The Bertz CT molecular complexity index is 479. The zero-order valence-corrected chi connectivity index (χ0v) is 14.2. The molecule has 2 amide bonds. The monoisotopic (exact) mass is 343 g/mol. The van der Waals surface area contributed by atoms with E-state index in [4.69, 9.17) is 0 Å². The Hall–Kier alpha value is -1.01. The highest BCUT2D eigenvalue weighted by Crippen LogP contribution is 2.42. The van der Waals surface area contributed by atoms with Crippen LogP contribution in [0.25, 0.3) is 0 Å². The maximum Gasteiger partial charge on any atom is 0.407 e. The molecule has 2 atom stereocenters. The molecule has 0 aromatic heterocycles. The van der Waals surface area contributed by atoms with Crippen molar-refractivity contribution in [3.63, 3.8) is 0 Å². The lowest BCUT2D eigenvalue weighted by atomic mass is 9.77. The fourth-order valence-corrected chi connectivity index (χ4v) is 5.23. The van der Waals surface area contributed by atoms with Crippen LogP contribution in [0.1, 0.15) is 44.9 Å². The molecule has 4 rings (SSSR count). The molecule has 2 bridgehead atoms. The summed E-state index contributed by atoms with van der Waals surface area (Å²) >= 11 is 0. The minimum atomic E-state index is -0.737. The van der Waals surface area contributed by atoms with Crippen molar-refractivity contribution in [2.45, 2.75) is 63.1 Å². The summed E-state index contributed by atoms with van der Waals surface area (Å²) in [4.78, 5) is 27.2. The number of nitrogens with zero attached hydrogens (tertiary/aromatic N) is 2. The molecular formula is C16H26ClN3O3. The van der Waals surface area contributed by atoms with Crippen LogP contribution < -0.4 is 5.32 Å². The lowest BCUT2D eigenvalue weighted by molar-refractivity contribution is -0.119. The number of nitrogens with one attached hydrogen (secondary N) is 1. The van der Waals surface area contributed by atoms with Crippen LogP contribution in [-0.2, 0) is 4.79 Å². The molecule has 0 aromatic rings. The van der Waals surface area contributed by atoms with Gasteiger partial charge >= 0.3 is 6.09 Å². The van der Waals surface area contributed by atoms with E-state index < -0.39 is 6.09 Å². The van der Waals surface area contributed by atoms with Gasteiger partial charge in [0.2, 0.25) is 5.91 Å². The van der Waals surface area contributed by atoms with Crippen molar-refractivity contribution < 1.29 is 14.7 Å². The molecule has 4 aliphatic heterocycles. The smallest absolute Gasteiger partial charge is 0.407 e. The van der Waals surface area contributed by atoms with Gasteiger partial charge in [0, 0.05) is 31.1 Å². The SMILES string of the molecule is Cl.O=C1CC2(CCN(C3CC4CCC(C3)N4C(=O)O)CC2)CN1. The van der Waals surface area contributed by atoms with Crippen molar-refractivity contribution in [2.24, 2.45) is 5.41 Å². The summed E-state index contributed by atoms with van der Waals surface area (Å²) in [6.45, 7) is 2.97. The van der Waals surface area contributed by atoms with Gasteiger partial charge in [-0.3, -0.25) is 4.79 Å². The highest BCUT2D eigenvalue weighted by Gasteiger charge is 2.47. The molecule has 7 heteroatoms. The normalized spacial score (nSPS) is 35.9. The standard InChI is InChI=1S/C16H25N3O3.ClH/c20-14-9-16(10-17-14)3-5-18(6-4-16)13-7-11-1-2-12(8-13)19(11)15(21)22;/h11-13H,1-10H2,(H,17,20)(H,21,22);1H. The summed E-state index contributed by atoms with van der Waals surface area (Å²) < 4.78 is 0. The van der Waals surface area contributed by atoms with Crippen LogP contribution in [0, 0.1) is 5.41 Å². The molecule has 0 saturated carbocycles. The number of carboxylic acid groups (broad SMARTS) is 1. The van der Waals surface area contributed by atoms with Crippen molar-refractivity contribution in [3.8, 4) is 0 Å². The van der Waals surface area contributed by atoms with Gasteiger partial charge < -0.3 is 20.2 Å². The first-order chi connectivity index (χ1) is 10.6. The van der Waals surface area contributed by atoms with Crippen molar-refractivity contribution in [1.29, 1.82) is 0 Å². The molecule has 4 saturated heterocycles. The molecule has 4 heterocycles. The summed E-state index contributed by atoms with van der Waals surface area (Å²) in [7, 11) is 0. The molecule has 0 radical (unpaired) electrons. The molecule has 2 N–H and O–H groups in total. The van der Waals surface area contributed by atoms with Gasteiger partial charge in [0.25, 0.3) is 0 Å². The van der Waals surface area contributed by atoms with Gasteiger partial charge in [-0.1, -0.05) is 0 Å². The third-order valence-electron chi connectivity index (χ3n) is 6.50. The van der Waals surface area contributed by atoms with Gasteiger partial charge in [-0.05, 0) is 57.0 Å². The second-order valence-electron chi connectivity index (χ2n) is 7.69. The van der Waals surface area contributed by atoms with Crippen molar-refractivity contribution in [1.82, 2.24) is 15.1 Å². The summed E-state index contributed by atoms with van der Waals surface area (Å²) in [6.07, 6.45) is 6.20. The predicted octanol–water partition coefficient (Wildman–Crippen LogP) is 1.68. The van der Waals surface area contributed by atoms with Crippen molar-refractivity contribution >= 4 is 24.4 Å². The van der Waals surface area contributed by atoms with Gasteiger partial charge in [-0.15, -0.1) is 12.4 Å². The van der Waals surface area contributed by atoms with Crippen LogP contribution in [0.15, 0.2) is 0 Å². The second kappa shape index (κ2) is 6.13. The maximum absolute atomic E-state index is 11.5. The summed E-state index contributed by atoms with van der Waals surface area (Å²) in [6, 6.07) is 0.995. The van der Waals surface area contributed by atoms with Crippen molar-refractivity contribution in [2.75, 3.05) is 19.6 Å². The lowest BCUT2D eigenvalue weighted by Gasteiger charge is -2.46. The number of halogens is 1. The minimum absolute atomic E-state index is 0. The van der Waals surface area contributed by atoms with E-state index in [0.717, 1.165) is 58.2 Å². The Kier molecular flexibility index (Phi) is 4.49. The van der Waals surface area contributed by atoms with Gasteiger partial charge in [0.1, 0.15) is 0 Å². The highest BCUT2D eigenvalue weighted by atomic mass is 35.5. The number of likely N-dealkylation sites (tertiary alicyclic amines) is 1. The molecule has 1 spiro atoms. The molecule has 4 aliphatic rings. The number of amides is 2. The first kappa shape index (κ1) is 16.8. The van der Waals surface area contributed by atoms with Gasteiger partial charge in [-0.2, -0.15) is 0 Å². The topological polar surface area (TPSA) is 72.9 Å². The van der Waals surface area contributed by atoms with Gasteiger partial charge in [0.05, 0.1) is 0 Å². The largest absolute Gasteiger partial charge is 0.465 e. The summed E-state index contributed by atoms with van der Waals surface area (Å²) in [5.41, 5.74) is 0.203. The number of piperidine rings is 2. The molecule has 4 fully saturated rings. The Morgan fingerprint density at radius 2 is 1.74 bits per heavy atom. The zero-order valence-electron chi connectivity index (χ0n) is 13.4. The molecule has 2 unspecified atom stereocenters. The molecule has 6 nitrogen and oxygen atoms in total. The van der Waals surface area contributed by atoms with E-state index in [1.54, 1.807) is 4.90 Å². The average Bonchev–Trinajstić information content (AvgIpc) is 2.98. The van der Waals surface area contributed by atoms with Crippen LogP contribution in [-0.4, -0.2) is 64.7 Å². The van der Waals surface area contributed by atoms with Gasteiger partial charge in [0.15, 0.2) is 0 Å². The van der Waals surface area contributed by atoms with Crippen LogP contribution in [0.4, 0.5) is 4.79 Å². The lowest BCUT2D eigenvalue weighted by Crippen LogP contribution is -2.54. The Labute approximate surface area is 143 Å². The maximum atomic E-state index is 11.5. The Balaban J connectivity index is 0.00000156. The van der Waals surface area contributed by atoms with E-state index in [2.05, 4.69) is 10.2 Å². The van der Waals surface area contributed by atoms with E-state index >= 15 is 0 Å². The van der Waals surface area contributed by atoms with Crippen LogP contribution >= 0.6 is 12.4 Å². The fourth-order valence-electron chi connectivity index (χ4n) is 5.23. The molecule has 0 aliphatic carbocycles. The number of rotatable bonds is 1. The van der Waals surface area contributed by atoms with Crippen LogP contribution in [0.2, 0.25) is 0 Å². The number of carbonyl (C=O) groups excluding carboxylic acids is 1. The number of hydrogen-bond acceptors (Lipinski definition) is 3. The third-order valence-corrected chi connectivity index (χ3v) is 6.50. The molecular weight excluding hydrogens is 318 g/mol. The van der Waals surface area contributed by atoms with E-state index in [1.807, 2.05) is 0 Å². The number of hydrogen-bond donors (Lipinski definition) is 2. The van der Waals surface area contributed by atoms with E-state index in [-0.39, 0.29) is 35.8 Å². The van der Waals surface area contributed by atoms with E-state index in [0.29, 0.717) is 12.5 Å². The quantitative estimate of drug-likeness (QED) is 0.760. The Morgan fingerprint density at radius 3 is 2.22 bits per heavy atom. The van der Waals surface area contributed by atoms with Gasteiger partial charge in [-0.25, -0.2) is 4.79 Å². The fraction of sp³-hybridized carbons (Fsp3) is 0.875. The zero-order chi connectivity index (χ0) is 15.3. The van der Waals surface area contributed by atoms with Crippen LogP contribution in [0.3, 0.4) is 0 Å². The molecule has 130 valence electrons. The molecule has 23 heavy (non-hydrogen) atoms. The number of fused-ring (bicyclic) bond motifs is 2. The average molecular weight is 344 g/mol.